The van der Waals surface area contributed by atoms with Crippen molar-refractivity contribution in [3.05, 3.63) is 52.5 Å². The quantitative estimate of drug-likeness (QED) is 0.711. The molecule has 3 aromatic rings. The van der Waals surface area contributed by atoms with Crippen molar-refractivity contribution in [2.45, 2.75) is 6.18 Å². The number of halogens is 4. The van der Waals surface area contributed by atoms with Gasteiger partial charge in [0.2, 0.25) is 5.82 Å². The van der Waals surface area contributed by atoms with Crippen molar-refractivity contribution in [1.82, 2.24) is 20.1 Å². The Hall–Kier alpha value is -3.24. The molecule has 0 fully saturated rings. The molecule has 2 N–H and O–H groups in total. The molecular weight excluding hydrogens is 334 g/mol. The van der Waals surface area contributed by atoms with E-state index >= 15 is 0 Å². The molecular formula is C13H7F4N5O2. The lowest BCUT2D eigenvalue weighted by Crippen LogP contribution is -2.08. The predicted octanol–water partition coefficient (Wildman–Crippen LogP) is 2.72. The van der Waals surface area contributed by atoms with E-state index < -0.39 is 23.3 Å². The van der Waals surface area contributed by atoms with E-state index in [9.17, 15) is 22.4 Å². The molecule has 11 heteroatoms. The first-order valence-corrected chi connectivity index (χ1v) is 6.36. The van der Waals surface area contributed by atoms with Gasteiger partial charge in [0.15, 0.2) is 11.5 Å². The minimum absolute atomic E-state index is 0.00749. The summed E-state index contributed by atoms with van der Waals surface area (Å²) in [4.78, 5) is 21.1. The number of nitrogens with zero attached hydrogens (tertiary/aromatic N) is 3. The maximum atomic E-state index is 13.6. The number of alkyl halides is 3. The number of hydrogen-bond acceptors (Lipinski definition) is 6. The zero-order valence-electron chi connectivity index (χ0n) is 11.6. The van der Waals surface area contributed by atoms with Crippen LogP contribution in [-0.2, 0) is 6.18 Å². The summed E-state index contributed by atoms with van der Waals surface area (Å²) in [5.74, 6) is -2.25. The minimum atomic E-state index is -4.79. The molecule has 2 aromatic heterocycles. The van der Waals surface area contributed by atoms with Gasteiger partial charge in [-0.3, -0.25) is 9.51 Å². The SMILES string of the molecule is O=c1[nH]c(-c2nccnc2Nc2ccc(C(F)(F)F)c(F)c2)no1. The average Bonchev–Trinajstić information content (AvgIpc) is 2.93. The van der Waals surface area contributed by atoms with Gasteiger partial charge in [0.1, 0.15) is 5.82 Å². The third kappa shape index (κ3) is 3.09. The Balaban J connectivity index is 1.95. The summed E-state index contributed by atoms with van der Waals surface area (Å²) in [6.45, 7) is 0. The van der Waals surface area contributed by atoms with Crippen LogP contribution in [0, 0.1) is 5.82 Å². The van der Waals surface area contributed by atoms with Crippen molar-refractivity contribution >= 4 is 11.5 Å². The van der Waals surface area contributed by atoms with Gasteiger partial charge in [0.05, 0.1) is 5.56 Å². The van der Waals surface area contributed by atoms with Crippen LogP contribution in [0.1, 0.15) is 5.56 Å². The topological polar surface area (TPSA) is 96.7 Å². The molecule has 0 bridgehead atoms. The van der Waals surface area contributed by atoms with Gasteiger partial charge in [0, 0.05) is 18.1 Å². The molecule has 7 nitrogen and oxygen atoms in total. The summed E-state index contributed by atoms with van der Waals surface area (Å²) >= 11 is 0. The highest BCUT2D eigenvalue weighted by Gasteiger charge is 2.34. The third-order valence-corrected chi connectivity index (χ3v) is 2.90. The van der Waals surface area contributed by atoms with E-state index in [2.05, 4.69) is 29.9 Å². The molecule has 0 amide bonds. The van der Waals surface area contributed by atoms with Crippen molar-refractivity contribution in [1.29, 1.82) is 0 Å². The molecule has 2 heterocycles. The summed E-state index contributed by atoms with van der Waals surface area (Å²) in [6.07, 6.45) is -2.19. The zero-order chi connectivity index (χ0) is 17.3. The highest BCUT2D eigenvalue weighted by molar-refractivity contribution is 5.70. The number of anilines is 2. The van der Waals surface area contributed by atoms with Crippen LogP contribution in [-0.4, -0.2) is 20.1 Å². The van der Waals surface area contributed by atoms with Gasteiger partial charge in [-0.15, -0.1) is 0 Å². The lowest BCUT2D eigenvalue weighted by atomic mass is 10.2. The van der Waals surface area contributed by atoms with Gasteiger partial charge in [-0.1, -0.05) is 5.16 Å². The maximum absolute atomic E-state index is 13.6. The molecule has 0 radical (unpaired) electrons. The predicted molar refractivity (Wildman–Crippen MR) is 72.8 cm³/mol. The fourth-order valence-corrected chi connectivity index (χ4v) is 1.89. The van der Waals surface area contributed by atoms with Gasteiger partial charge in [-0.05, 0) is 18.2 Å². The Morgan fingerprint density at radius 1 is 1.17 bits per heavy atom. The smallest absolute Gasteiger partial charge is 0.338 e. The van der Waals surface area contributed by atoms with Crippen LogP contribution < -0.4 is 11.1 Å². The van der Waals surface area contributed by atoms with E-state index in [0.717, 1.165) is 6.07 Å². The lowest BCUT2D eigenvalue weighted by molar-refractivity contribution is -0.139. The number of H-pyrrole nitrogens is 1. The van der Waals surface area contributed by atoms with E-state index in [-0.39, 0.29) is 23.0 Å². The second kappa shape index (κ2) is 5.76. The Bertz CT molecular complexity index is 934. The van der Waals surface area contributed by atoms with Crippen molar-refractivity contribution in [2.24, 2.45) is 0 Å². The molecule has 0 saturated carbocycles. The molecule has 0 aliphatic heterocycles. The summed E-state index contributed by atoms with van der Waals surface area (Å²) in [5.41, 5.74) is -1.30. The number of nitrogens with one attached hydrogen (secondary N) is 2. The second-order valence-electron chi connectivity index (χ2n) is 4.51. The van der Waals surface area contributed by atoms with Crippen molar-refractivity contribution in [2.75, 3.05) is 5.32 Å². The number of aromatic nitrogens is 4. The monoisotopic (exact) mass is 341 g/mol. The highest BCUT2D eigenvalue weighted by atomic mass is 19.4. The van der Waals surface area contributed by atoms with Crippen molar-refractivity contribution in [3.8, 4) is 11.5 Å². The van der Waals surface area contributed by atoms with Gasteiger partial charge in [0.25, 0.3) is 0 Å². The molecule has 124 valence electrons. The first-order valence-electron chi connectivity index (χ1n) is 6.36. The summed E-state index contributed by atoms with van der Waals surface area (Å²) in [6, 6.07) is 2.31. The molecule has 0 aliphatic carbocycles. The molecule has 0 unspecified atom stereocenters. The fourth-order valence-electron chi connectivity index (χ4n) is 1.89. The number of hydrogen-bond donors (Lipinski definition) is 2. The van der Waals surface area contributed by atoms with Crippen molar-refractivity contribution in [3.63, 3.8) is 0 Å². The average molecular weight is 341 g/mol. The van der Waals surface area contributed by atoms with Crippen molar-refractivity contribution < 1.29 is 22.1 Å². The Morgan fingerprint density at radius 2 is 1.92 bits per heavy atom. The van der Waals surface area contributed by atoms with Gasteiger partial charge in [-0.25, -0.2) is 19.2 Å². The van der Waals surface area contributed by atoms with Gasteiger partial charge in [-0.2, -0.15) is 13.2 Å². The Kier molecular flexibility index (Phi) is 3.75. The van der Waals surface area contributed by atoms with Crippen LogP contribution in [0.4, 0.5) is 29.1 Å². The van der Waals surface area contributed by atoms with E-state index in [1.54, 1.807) is 0 Å². The molecule has 0 spiro atoms. The number of benzene rings is 1. The maximum Gasteiger partial charge on any atom is 0.439 e. The third-order valence-electron chi connectivity index (χ3n) is 2.90. The van der Waals surface area contributed by atoms with E-state index in [1.165, 1.54) is 12.4 Å². The molecule has 0 saturated heterocycles. The summed E-state index contributed by atoms with van der Waals surface area (Å²) in [5, 5.41) is 6.06. The molecule has 24 heavy (non-hydrogen) atoms. The summed E-state index contributed by atoms with van der Waals surface area (Å²) < 4.78 is 55.6. The van der Waals surface area contributed by atoms with E-state index in [0.29, 0.717) is 12.1 Å². The van der Waals surface area contributed by atoms with E-state index in [1.807, 2.05) is 0 Å². The second-order valence-corrected chi connectivity index (χ2v) is 4.51. The van der Waals surface area contributed by atoms with Crippen LogP contribution in [0.2, 0.25) is 0 Å². The minimum Gasteiger partial charge on any atom is -0.338 e. The summed E-state index contributed by atoms with van der Waals surface area (Å²) in [7, 11) is 0. The largest absolute Gasteiger partial charge is 0.439 e. The van der Waals surface area contributed by atoms with Crippen LogP contribution >= 0.6 is 0 Å². The van der Waals surface area contributed by atoms with Gasteiger partial charge >= 0.3 is 11.9 Å². The van der Waals surface area contributed by atoms with Crippen LogP contribution in [0.15, 0.2) is 39.9 Å². The van der Waals surface area contributed by atoms with Crippen LogP contribution in [0.25, 0.3) is 11.5 Å². The lowest BCUT2D eigenvalue weighted by Gasteiger charge is -2.11. The number of aromatic amines is 1. The molecule has 3 rings (SSSR count). The van der Waals surface area contributed by atoms with E-state index in [4.69, 9.17) is 0 Å². The first-order chi connectivity index (χ1) is 11.3. The van der Waals surface area contributed by atoms with Crippen LogP contribution in [0.3, 0.4) is 0 Å². The zero-order valence-corrected chi connectivity index (χ0v) is 11.6. The normalized spacial score (nSPS) is 11.5. The Morgan fingerprint density at radius 3 is 2.54 bits per heavy atom. The number of rotatable bonds is 3. The van der Waals surface area contributed by atoms with Gasteiger partial charge < -0.3 is 5.32 Å². The standard InChI is InChI=1S/C13H7F4N5O2/c14-8-5-6(1-2-7(8)13(15,16)17)20-10-9(18-3-4-19-10)11-21-12(23)24-22-11/h1-5H,(H,19,20)(H,21,22,23). The molecule has 1 aromatic carbocycles. The molecule has 0 atom stereocenters. The highest BCUT2D eigenvalue weighted by Crippen LogP contribution is 2.33. The molecule has 0 aliphatic rings. The first kappa shape index (κ1) is 15.6. The Labute approximate surface area is 130 Å². The fraction of sp³-hybridized carbons (Fsp3) is 0.0769. The van der Waals surface area contributed by atoms with Crippen LogP contribution in [0.5, 0.6) is 0 Å².